The quantitative estimate of drug-likeness (QED) is 0.530. The summed E-state index contributed by atoms with van der Waals surface area (Å²) >= 11 is 0. The Labute approximate surface area is 89.7 Å². The van der Waals surface area contributed by atoms with E-state index in [0.29, 0.717) is 0 Å². The Morgan fingerprint density at radius 3 is 2.62 bits per heavy atom. The van der Waals surface area contributed by atoms with Crippen molar-refractivity contribution in [1.82, 2.24) is 15.2 Å². The second-order valence-electron chi connectivity index (χ2n) is 3.47. The number of nitrogens with zero attached hydrogens (tertiary/aromatic N) is 1. The highest BCUT2D eigenvalue weighted by Gasteiger charge is 2.32. The summed E-state index contributed by atoms with van der Waals surface area (Å²) in [6.45, 7) is 3.07. The van der Waals surface area contributed by atoms with Gasteiger partial charge in [0.05, 0.1) is 0 Å². The van der Waals surface area contributed by atoms with Crippen LogP contribution in [0.4, 0.5) is 5.82 Å². The van der Waals surface area contributed by atoms with E-state index in [1.807, 2.05) is 10.1 Å². The number of carbonyl (C=O) groups is 1. The zero-order valence-electron chi connectivity index (χ0n) is 8.83. The highest BCUT2D eigenvalue weighted by molar-refractivity contribution is 5.81. The molecule has 16 heavy (non-hydrogen) atoms. The highest BCUT2D eigenvalue weighted by atomic mass is 16.4. The van der Waals surface area contributed by atoms with Gasteiger partial charge in [0, 0.05) is 0 Å². The molecule has 4 N–H and O–H groups in total. The monoisotopic (exact) mass is 228 g/mol. The number of aliphatic carboxylic acids is 1. The van der Waals surface area contributed by atoms with Crippen LogP contribution in [0.3, 0.4) is 0 Å². The van der Waals surface area contributed by atoms with E-state index in [1.165, 1.54) is 6.92 Å². The average Bonchev–Trinajstić information content (AvgIpc) is 2.22. The van der Waals surface area contributed by atoms with E-state index in [2.05, 4.69) is 10.4 Å². The van der Waals surface area contributed by atoms with Crippen LogP contribution >= 0.6 is 0 Å². The number of rotatable bonds is 4. The van der Waals surface area contributed by atoms with Gasteiger partial charge in [-0.3, -0.25) is 9.78 Å². The van der Waals surface area contributed by atoms with Crippen LogP contribution in [0.25, 0.3) is 0 Å². The maximum absolute atomic E-state index is 11.3. The van der Waals surface area contributed by atoms with Crippen molar-refractivity contribution < 1.29 is 9.90 Å². The maximum Gasteiger partial charge on any atom is 0.342 e. The Bertz CT molecular complexity index is 505. The highest BCUT2D eigenvalue weighted by Crippen LogP contribution is 2.13. The van der Waals surface area contributed by atoms with Crippen molar-refractivity contribution in [3.63, 3.8) is 0 Å². The molecule has 8 nitrogen and oxygen atoms in total. The number of H-pyrrole nitrogens is 2. The summed E-state index contributed by atoms with van der Waals surface area (Å²) in [7, 11) is 0. The molecule has 0 bridgehead atoms. The molecular weight excluding hydrogens is 216 g/mol. The van der Waals surface area contributed by atoms with Gasteiger partial charge in [0.2, 0.25) is 5.82 Å². The van der Waals surface area contributed by atoms with Gasteiger partial charge in [0.25, 0.3) is 5.56 Å². The van der Waals surface area contributed by atoms with E-state index < -0.39 is 22.8 Å². The van der Waals surface area contributed by atoms with Crippen molar-refractivity contribution >= 4 is 11.8 Å². The number of hydrogen-bond donors (Lipinski definition) is 4. The summed E-state index contributed by atoms with van der Waals surface area (Å²) < 4.78 is 0. The summed E-state index contributed by atoms with van der Waals surface area (Å²) in [6, 6.07) is 0. The number of carboxylic acids is 1. The molecule has 1 aromatic rings. The van der Waals surface area contributed by atoms with Crippen molar-refractivity contribution in [2.75, 3.05) is 5.32 Å². The smallest absolute Gasteiger partial charge is 0.342 e. The third kappa shape index (κ3) is 2.27. The van der Waals surface area contributed by atoms with Gasteiger partial charge >= 0.3 is 11.7 Å². The summed E-state index contributed by atoms with van der Waals surface area (Å²) in [5, 5.41) is 16.9. The van der Waals surface area contributed by atoms with E-state index in [1.54, 1.807) is 6.92 Å². The number of nitrogens with one attached hydrogen (secondary N) is 3. The maximum atomic E-state index is 11.3. The standard InChI is InChI=1S/C8H12N4O4/c1-3-8(2,6(14)15)10-4-5(13)9-7(16)12-11-4/h3H2,1-2H3,(H,10,11)(H,14,15)(H2,9,12,13,16)/t8-/m0/s1. The largest absolute Gasteiger partial charge is 0.480 e. The molecule has 0 fully saturated rings. The van der Waals surface area contributed by atoms with Crippen LogP contribution in [0.1, 0.15) is 20.3 Å². The van der Waals surface area contributed by atoms with Gasteiger partial charge in [0.15, 0.2) is 0 Å². The minimum atomic E-state index is -1.31. The van der Waals surface area contributed by atoms with E-state index in [-0.39, 0.29) is 12.2 Å². The SMILES string of the molecule is CC[C@](C)(Nc1n[nH]c(=O)[nH]c1=O)C(=O)O. The van der Waals surface area contributed by atoms with Gasteiger partial charge in [0.1, 0.15) is 5.54 Å². The number of aromatic nitrogens is 3. The first kappa shape index (κ1) is 12.0. The molecule has 0 saturated heterocycles. The summed E-state index contributed by atoms with van der Waals surface area (Å²) in [5.74, 6) is -1.34. The second-order valence-corrected chi connectivity index (χ2v) is 3.47. The third-order valence-electron chi connectivity index (χ3n) is 2.28. The zero-order chi connectivity index (χ0) is 12.3. The molecule has 0 aliphatic carbocycles. The Morgan fingerprint density at radius 1 is 1.56 bits per heavy atom. The van der Waals surface area contributed by atoms with Crippen LogP contribution in [-0.4, -0.2) is 31.8 Å². The van der Waals surface area contributed by atoms with Crippen molar-refractivity contribution in [3.8, 4) is 0 Å². The molecular formula is C8H12N4O4. The molecule has 1 atom stereocenters. The van der Waals surface area contributed by atoms with E-state index in [9.17, 15) is 14.4 Å². The molecule has 0 amide bonds. The van der Waals surface area contributed by atoms with Crippen molar-refractivity contribution in [3.05, 3.63) is 20.8 Å². The third-order valence-corrected chi connectivity index (χ3v) is 2.28. The van der Waals surface area contributed by atoms with Gasteiger partial charge in [-0.1, -0.05) is 6.92 Å². The lowest BCUT2D eigenvalue weighted by Gasteiger charge is -2.24. The fraction of sp³-hybridized carbons (Fsp3) is 0.500. The first-order valence-electron chi connectivity index (χ1n) is 4.59. The lowest BCUT2D eigenvalue weighted by molar-refractivity contribution is -0.141. The lowest BCUT2D eigenvalue weighted by Crippen LogP contribution is -2.45. The molecule has 1 aromatic heterocycles. The predicted octanol–water partition coefficient (Wildman–Crippen LogP) is -0.877. The van der Waals surface area contributed by atoms with Crippen LogP contribution in [0, 0.1) is 0 Å². The number of aromatic amines is 2. The Kier molecular flexibility index (Phi) is 3.11. The van der Waals surface area contributed by atoms with E-state index in [0.717, 1.165) is 0 Å². The zero-order valence-corrected chi connectivity index (χ0v) is 8.83. The number of hydrogen-bond acceptors (Lipinski definition) is 5. The Hall–Kier alpha value is -2.12. The van der Waals surface area contributed by atoms with Crippen molar-refractivity contribution in [2.24, 2.45) is 0 Å². The number of carboxylic acid groups (broad SMARTS) is 1. The Balaban J connectivity index is 3.09. The summed E-state index contributed by atoms with van der Waals surface area (Å²) in [4.78, 5) is 34.9. The lowest BCUT2D eigenvalue weighted by atomic mass is 9.99. The number of anilines is 1. The van der Waals surface area contributed by atoms with Crippen molar-refractivity contribution in [1.29, 1.82) is 0 Å². The molecule has 0 aromatic carbocycles. The van der Waals surface area contributed by atoms with Gasteiger partial charge in [-0.2, -0.15) is 0 Å². The predicted molar refractivity (Wildman–Crippen MR) is 55.4 cm³/mol. The average molecular weight is 228 g/mol. The van der Waals surface area contributed by atoms with Gasteiger partial charge in [-0.15, -0.1) is 5.10 Å². The first-order chi connectivity index (χ1) is 7.39. The molecule has 88 valence electrons. The van der Waals surface area contributed by atoms with Gasteiger partial charge in [-0.25, -0.2) is 14.7 Å². The van der Waals surface area contributed by atoms with Gasteiger partial charge in [-0.05, 0) is 13.3 Å². The Morgan fingerprint density at radius 2 is 2.19 bits per heavy atom. The van der Waals surface area contributed by atoms with E-state index >= 15 is 0 Å². The fourth-order valence-electron chi connectivity index (χ4n) is 0.987. The molecule has 1 rings (SSSR count). The van der Waals surface area contributed by atoms with E-state index in [4.69, 9.17) is 5.11 Å². The molecule has 0 aliphatic rings. The van der Waals surface area contributed by atoms with Gasteiger partial charge < -0.3 is 10.4 Å². The minimum Gasteiger partial charge on any atom is -0.480 e. The molecule has 0 spiro atoms. The molecule has 0 unspecified atom stereocenters. The van der Waals surface area contributed by atoms with Crippen LogP contribution in [0.5, 0.6) is 0 Å². The first-order valence-corrected chi connectivity index (χ1v) is 4.59. The summed E-state index contributed by atoms with van der Waals surface area (Å²) in [6.07, 6.45) is 0.253. The van der Waals surface area contributed by atoms with Crippen molar-refractivity contribution in [2.45, 2.75) is 25.8 Å². The molecule has 1 heterocycles. The molecule has 0 saturated carbocycles. The van der Waals surface area contributed by atoms with Crippen LogP contribution in [0.15, 0.2) is 9.59 Å². The molecule has 8 heteroatoms. The topological polar surface area (TPSA) is 128 Å². The molecule has 0 radical (unpaired) electrons. The molecule has 0 aliphatic heterocycles. The minimum absolute atomic E-state index is 0.230. The second kappa shape index (κ2) is 4.17. The fourth-order valence-corrected chi connectivity index (χ4v) is 0.987. The van der Waals surface area contributed by atoms with Crippen LogP contribution in [0.2, 0.25) is 0 Å². The van der Waals surface area contributed by atoms with Crippen LogP contribution in [-0.2, 0) is 4.79 Å². The normalized spacial score (nSPS) is 14.1. The van der Waals surface area contributed by atoms with Crippen LogP contribution < -0.4 is 16.6 Å². The summed E-state index contributed by atoms with van der Waals surface area (Å²) in [5.41, 5.74) is -2.81.